The van der Waals surface area contributed by atoms with Crippen LogP contribution in [0.25, 0.3) is 0 Å². The fourth-order valence-electron chi connectivity index (χ4n) is 3.87. The van der Waals surface area contributed by atoms with E-state index < -0.39 is 15.8 Å². The molecule has 5 nitrogen and oxygen atoms in total. The predicted molar refractivity (Wildman–Crippen MR) is 143 cm³/mol. The molecule has 0 saturated carbocycles. The molecule has 0 aromatic heterocycles. The average molecular weight is 537 g/mol. The summed E-state index contributed by atoms with van der Waals surface area (Å²) in [6, 6.07) is 30.4. The van der Waals surface area contributed by atoms with Gasteiger partial charge in [-0.2, -0.15) is 4.31 Å². The van der Waals surface area contributed by atoms with Crippen LogP contribution in [0.3, 0.4) is 0 Å². The maximum Gasteiger partial charge on any atom is 0.243 e. The Morgan fingerprint density at radius 1 is 0.676 bits per heavy atom. The SMILES string of the molecule is O=C(CN(Cc1ccc(F)cc1)S(=O)(=O)c1ccc(Cl)cc1)N(Cc1ccccc1)Cc1ccccc1. The van der Waals surface area contributed by atoms with E-state index in [9.17, 15) is 17.6 Å². The summed E-state index contributed by atoms with van der Waals surface area (Å²) in [5.41, 5.74) is 2.42. The molecule has 0 heterocycles. The summed E-state index contributed by atoms with van der Waals surface area (Å²) in [6.07, 6.45) is 0. The number of rotatable bonds is 10. The number of benzene rings is 4. The van der Waals surface area contributed by atoms with Crippen LogP contribution < -0.4 is 0 Å². The van der Waals surface area contributed by atoms with Crippen LogP contribution in [0.1, 0.15) is 16.7 Å². The molecule has 8 heteroatoms. The summed E-state index contributed by atoms with van der Waals surface area (Å²) in [5.74, 6) is -0.781. The van der Waals surface area contributed by atoms with E-state index in [0.717, 1.165) is 15.4 Å². The van der Waals surface area contributed by atoms with E-state index in [1.54, 1.807) is 4.90 Å². The molecule has 0 fully saturated rings. The Morgan fingerprint density at radius 3 is 1.68 bits per heavy atom. The summed E-state index contributed by atoms with van der Waals surface area (Å²) in [4.78, 5) is 15.3. The Labute approximate surface area is 221 Å². The highest BCUT2D eigenvalue weighted by atomic mass is 35.5. The Balaban J connectivity index is 1.65. The molecule has 0 saturated heterocycles. The molecule has 0 aliphatic carbocycles. The molecule has 4 rings (SSSR count). The van der Waals surface area contributed by atoms with E-state index in [2.05, 4.69) is 0 Å². The monoisotopic (exact) mass is 536 g/mol. The van der Waals surface area contributed by atoms with Gasteiger partial charge in [-0.15, -0.1) is 0 Å². The van der Waals surface area contributed by atoms with Crippen LogP contribution in [0.2, 0.25) is 5.02 Å². The van der Waals surface area contributed by atoms with E-state index in [1.807, 2.05) is 60.7 Å². The lowest BCUT2D eigenvalue weighted by Crippen LogP contribution is -2.42. The van der Waals surface area contributed by atoms with E-state index in [0.29, 0.717) is 23.7 Å². The summed E-state index contributed by atoms with van der Waals surface area (Å²) >= 11 is 5.96. The third kappa shape index (κ3) is 7.26. The van der Waals surface area contributed by atoms with Gasteiger partial charge >= 0.3 is 0 Å². The number of halogens is 2. The van der Waals surface area contributed by atoms with Crippen LogP contribution in [0.4, 0.5) is 4.39 Å². The maximum absolute atomic E-state index is 13.7. The Kier molecular flexibility index (Phi) is 8.71. The first-order chi connectivity index (χ1) is 17.8. The van der Waals surface area contributed by atoms with Gasteiger partial charge in [-0.3, -0.25) is 4.79 Å². The Bertz CT molecular complexity index is 1370. The number of nitrogens with zero attached hydrogens (tertiary/aromatic N) is 2. The van der Waals surface area contributed by atoms with Gasteiger partial charge in [0.05, 0.1) is 11.4 Å². The number of hydrogen-bond acceptors (Lipinski definition) is 3. The zero-order chi connectivity index (χ0) is 26.3. The minimum Gasteiger partial charge on any atom is -0.333 e. The van der Waals surface area contributed by atoms with Crippen LogP contribution >= 0.6 is 11.6 Å². The molecule has 0 aliphatic heterocycles. The first-order valence-corrected chi connectivity index (χ1v) is 13.5. The van der Waals surface area contributed by atoms with Gasteiger partial charge < -0.3 is 4.90 Å². The Morgan fingerprint density at radius 2 is 1.16 bits per heavy atom. The lowest BCUT2D eigenvalue weighted by Gasteiger charge is -2.28. The fraction of sp³-hybridized carbons (Fsp3) is 0.138. The smallest absolute Gasteiger partial charge is 0.243 e. The summed E-state index contributed by atoms with van der Waals surface area (Å²) in [5, 5.41) is 0.400. The van der Waals surface area contributed by atoms with Crippen molar-refractivity contribution in [2.45, 2.75) is 24.5 Å². The second kappa shape index (κ2) is 12.1. The number of carbonyl (C=O) groups is 1. The molecule has 0 atom stereocenters. The highest BCUT2D eigenvalue weighted by Crippen LogP contribution is 2.22. The van der Waals surface area contributed by atoms with E-state index in [4.69, 9.17) is 11.6 Å². The van der Waals surface area contributed by atoms with Gasteiger partial charge in [-0.25, -0.2) is 12.8 Å². The van der Waals surface area contributed by atoms with Crippen LogP contribution in [-0.4, -0.2) is 30.1 Å². The molecule has 0 N–H and O–H groups in total. The Hall–Kier alpha value is -3.52. The molecule has 0 aliphatic rings. The summed E-state index contributed by atoms with van der Waals surface area (Å²) in [7, 11) is -4.07. The van der Waals surface area contributed by atoms with Gasteiger partial charge in [0.2, 0.25) is 15.9 Å². The van der Waals surface area contributed by atoms with Crippen molar-refractivity contribution in [2.24, 2.45) is 0 Å². The summed E-state index contributed by atoms with van der Waals surface area (Å²) < 4.78 is 41.9. The summed E-state index contributed by atoms with van der Waals surface area (Å²) in [6.45, 7) is 0.156. The highest BCUT2D eigenvalue weighted by molar-refractivity contribution is 7.89. The van der Waals surface area contributed by atoms with E-state index in [-0.39, 0.29) is 23.9 Å². The first kappa shape index (κ1) is 26.5. The molecule has 1 amide bonds. The molecule has 0 unspecified atom stereocenters. The number of hydrogen-bond donors (Lipinski definition) is 0. The largest absolute Gasteiger partial charge is 0.333 e. The van der Waals surface area contributed by atoms with E-state index >= 15 is 0 Å². The lowest BCUT2D eigenvalue weighted by molar-refractivity contribution is -0.132. The topological polar surface area (TPSA) is 57.7 Å². The van der Waals surface area contributed by atoms with Crippen molar-refractivity contribution in [2.75, 3.05) is 6.54 Å². The number of sulfonamides is 1. The van der Waals surface area contributed by atoms with Crippen molar-refractivity contribution < 1.29 is 17.6 Å². The normalized spacial score (nSPS) is 11.4. The van der Waals surface area contributed by atoms with Crippen molar-refractivity contribution >= 4 is 27.5 Å². The van der Waals surface area contributed by atoms with Crippen molar-refractivity contribution in [3.8, 4) is 0 Å². The van der Waals surface area contributed by atoms with Gasteiger partial charge in [0.25, 0.3) is 0 Å². The van der Waals surface area contributed by atoms with Gasteiger partial charge in [0.1, 0.15) is 5.82 Å². The minimum absolute atomic E-state index is 0.0180. The quantitative estimate of drug-likeness (QED) is 0.253. The molecule has 0 bridgehead atoms. The number of carbonyl (C=O) groups excluding carboxylic acids is 1. The van der Waals surface area contributed by atoms with Gasteiger partial charge in [-0.05, 0) is 53.1 Å². The third-order valence-corrected chi connectivity index (χ3v) is 7.88. The maximum atomic E-state index is 13.7. The zero-order valence-electron chi connectivity index (χ0n) is 20.0. The van der Waals surface area contributed by atoms with Crippen LogP contribution in [0, 0.1) is 5.82 Å². The third-order valence-electron chi connectivity index (χ3n) is 5.82. The first-order valence-electron chi connectivity index (χ1n) is 11.7. The van der Waals surface area contributed by atoms with Crippen molar-refractivity contribution in [1.29, 1.82) is 0 Å². The average Bonchev–Trinajstić information content (AvgIpc) is 2.90. The van der Waals surface area contributed by atoms with Crippen LogP contribution in [-0.2, 0) is 34.5 Å². The molecule has 0 spiro atoms. The number of amides is 1. The van der Waals surface area contributed by atoms with Crippen molar-refractivity contribution in [3.63, 3.8) is 0 Å². The van der Waals surface area contributed by atoms with Crippen LogP contribution in [0.15, 0.2) is 114 Å². The van der Waals surface area contributed by atoms with Crippen molar-refractivity contribution in [1.82, 2.24) is 9.21 Å². The molecule has 4 aromatic rings. The molecular formula is C29H26ClFN2O3S. The van der Waals surface area contributed by atoms with Gasteiger partial charge in [0, 0.05) is 24.7 Å². The lowest BCUT2D eigenvalue weighted by atomic mass is 10.1. The van der Waals surface area contributed by atoms with E-state index in [1.165, 1.54) is 48.5 Å². The van der Waals surface area contributed by atoms with Crippen molar-refractivity contribution in [3.05, 3.63) is 137 Å². The standard InChI is InChI=1S/C29H26ClFN2O3S/c30-26-13-17-28(18-14-26)37(35,36)33(21-25-11-15-27(31)16-12-25)22-29(34)32(19-23-7-3-1-4-8-23)20-24-9-5-2-6-10-24/h1-18H,19-22H2. The molecule has 4 aromatic carbocycles. The van der Waals surface area contributed by atoms with Gasteiger partial charge in [0.15, 0.2) is 0 Å². The second-order valence-corrected chi connectivity index (χ2v) is 10.9. The highest BCUT2D eigenvalue weighted by Gasteiger charge is 2.29. The second-order valence-electron chi connectivity index (χ2n) is 8.57. The fourth-order valence-corrected chi connectivity index (χ4v) is 5.37. The van der Waals surface area contributed by atoms with Crippen LogP contribution in [0.5, 0.6) is 0 Å². The minimum atomic E-state index is -4.07. The molecule has 37 heavy (non-hydrogen) atoms. The molecule has 0 radical (unpaired) electrons. The van der Waals surface area contributed by atoms with Gasteiger partial charge in [-0.1, -0.05) is 84.4 Å². The predicted octanol–water partition coefficient (Wildman–Crippen LogP) is 5.90. The molecule has 190 valence electrons. The zero-order valence-corrected chi connectivity index (χ0v) is 21.6. The molecular weight excluding hydrogens is 511 g/mol.